The number of fused-ring (bicyclic) bond motifs is 14. The molecule has 0 radical (unpaired) electrons. The summed E-state index contributed by atoms with van der Waals surface area (Å²) in [6, 6.07) is 59.9. The Morgan fingerprint density at radius 2 is 1.13 bits per heavy atom. The largest absolute Gasteiger partial charge is 0.456 e. The second kappa shape index (κ2) is 8.99. The minimum Gasteiger partial charge on any atom is -0.456 e. The number of benzene rings is 8. The van der Waals surface area contributed by atoms with Crippen LogP contribution in [0.15, 0.2) is 164 Å². The van der Waals surface area contributed by atoms with Gasteiger partial charge in [0, 0.05) is 27.5 Å². The van der Waals surface area contributed by atoms with E-state index < -0.39 is 5.41 Å². The van der Waals surface area contributed by atoms with Crippen LogP contribution in [0.5, 0.6) is 11.5 Å². The molecule has 2 aliphatic rings. The van der Waals surface area contributed by atoms with Gasteiger partial charge in [-0.1, -0.05) is 140 Å². The van der Waals surface area contributed by atoms with Gasteiger partial charge in [-0.25, -0.2) is 0 Å². The molecule has 0 fully saturated rings. The van der Waals surface area contributed by atoms with Crippen molar-refractivity contribution in [3.63, 3.8) is 0 Å². The highest BCUT2D eigenvalue weighted by Crippen LogP contribution is 2.61. The van der Waals surface area contributed by atoms with Gasteiger partial charge in [0.25, 0.3) is 0 Å². The Kier molecular flexibility index (Phi) is 4.80. The van der Waals surface area contributed by atoms with Gasteiger partial charge in [0.2, 0.25) is 0 Å². The van der Waals surface area contributed by atoms with E-state index in [1.807, 2.05) is 0 Å². The molecule has 0 N–H and O–H groups in total. The van der Waals surface area contributed by atoms with Gasteiger partial charge in [0.15, 0.2) is 0 Å². The summed E-state index contributed by atoms with van der Waals surface area (Å²) in [6.45, 7) is 0. The van der Waals surface area contributed by atoms with Gasteiger partial charge in [-0.3, -0.25) is 0 Å². The summed E-state index contributed by atoms with van der Waals surface area (Å²) in [5.41, 5.74) is 10.3. The molecule has 0 amide bonds. The summed E-state index contributed by atoms with van der Waals surface area (Å²) >= 11 is 0. The third kappa shape index (κ3) is 3.10. The first-order valence-electron chi connectivity index (χ1n) is 16.3. The van der Waals surface area contributed by atoms with Gasteiger partial charge in [-0.2, -0.15) is 0 Å². The second-order valence-corrected chi connectivity index (χ2v) is 12.8. The summed E-state index contributed by atoms with van der Waals surface area (Å²) in [7, 11) is 0. The Bertz CT molecular complexity index is 2790. The van der Waals surface area contributed by atoms with Gasteiger partial charge in [0.1, 0.15) is 11.5 Å². The van der Waals surface area contributed by atoms with Crippen molar-refractivity contribution < 1.29 is 4.74 Å². The highest BCUT2D eigenvalue weighted by atomic mass is 16.5. The molecule has 8 aromatic carbocycles. The zero-order valence-electron chi connectivity index (χ0n) is 25.4. The molecule has 2 nitrogen and oxygen atoms in total. The zero-order valence-corrected chi connectivity index (χ0v) is 25.4. The zero-order chi connectivity index (χ0) is 30.7. The fourth-order valence-electron chi connectivity index (χ4n) is 8.75. The Balaban J connectivity index is 1.27. The predicted octanol–water partition coefficient (Wildman–Crippen LogP) is 11.6. The highest BCUT2D eigenvalue weighted by Gasteiger charge is 2.50. The molecule has 2 aliphatic heterocycles. The maximum absolute atomic E-state index is 7.02. The molecule has 9 aromatic rings. The fourth-order valence-corrected chi connectivity index (χ4v) is 8.75. The first-order chi connectivity index (χ1) is 23.3. The van der Waals surface area contributed by atoms with E-state index in [0.29, 0.717) is 0 Å². The van der Waals surface area contributed by atoms with Crippen LogP contribution in [0.2, 0.25) is 0 Å². The number of ether oxygens (including phenoxy) is 1. The van der Waals surface area contributed by atoms with Crippen LogP contribution >= 0.6 is 0 Å². The van der Waals surface area contributed by atoms with Crippen molar-refractivity contribution in [2.45, 2.75) is 5.41 Å². The molecule has 1 spiro atoms. The number of hydrogen-bond donors (Lipinski definition) is 0. The lowest BCUT2D eigenvalue weighted by Crippen LogP contribution is -2.37. The molecule has 0 saturated heterocycles. The predicted molar refractivity (Wildman–Crippen MR) is 193 cm³/mol. The lowest BCUT2D eigenvalue weighted by Gasteiger charge is -2.45. The van der Waals surface area contributed by atoms with Crippen molar-refractivity contribution in [1.82, 2.24) is 4.57 Å². The van der Waals surface area contributed by atoms with E-state index in [4.69, 9.17) is 4.74 Å². The van der Waals surface area contributed by atoms with E-state index in [2.05, 4.69) is 168 Å². The monoisotopic (exact) mass is 597 g/mol. The van der Waals surface area contributed by atoms with E-state index >= 15 is 0 Å². The molecule has 3 heterocycles. The minimum atomic E-state index is -0.576. The van der Waals surface area contributed by atoms with Crippen molar-refractivity contribution in [2.24, 2.45) is 0 Å². The van der Waals surface area contributed by atoms with E-state index in [1.165, 1.54) is 71.3 Å². The molecular weight excluding hydrogens is 571 g/mol. The fraction of sp³-hybridized carbons (Fsp3) is 0.0222. The van der Waals surface area contributed by atoms with Crippen molar-refractivity contribution in [2.75, 3.05) is 0 Å². The van der Waals surface area contributed by atoms with Crippen LogP contribution < -0.4 is 4.74 Å². The second-order valence-electron chi connectivity index (χ2n) is 12.8. The first kappa shape index (κ1) is 25.1. The van der Waals surface area contributed by atoms with Crippen molar-refractivity contribution in [3.05, 3.63) is 186 Å². The molecule has 0 saturated carbocycles. The quantitative estimate of drug-likeness (QED) is 0.172. The molecule has 11 rings (SSSR count). The Morgan fingerprint density at radius 3 is 2.09 bits per heavy atom. The van der Waals surface area contributed by atoms with Crippen LogP contribution in [0, 0.1) is 0 Å². The maximum Gasteiger partial charge on any atom is 0.140 e. The van der Waals surface area contributed by atoms with E-state index in [9.17, 15) is 0 Å². The van der Waals surface area contributed by atoms with Gasteiger partial charge in [-0.15, -0.1) is 0 Å². The molecule has 218 valence electrons. The maximum atomic E-state index is 7.02. The highest BCUT2D eigenvalue weighted by molar-refractivity contribution is 6.12. The van der Waals surface area contributed by atoms with Crippen molar-refractivity contribution >= 4 is 43.4 Å². The van der Waals surface area contributed by atoms with Crippen LogP contribution in [0.1, 0.15) is 22.3 Å². The summed E-state index contributed by atoms with van der Waals surface area (Å²) in [5.74, 6) is 1.82. The third-order valence-electron chi connectivity index (χ3n) is 10.6. The third-order valence-corrected chi connectivity index (χ3v) is 10.6. The molecule has 0 bridgehead atoms. The SMILES string of the molecule is c1ccc2c(c1)Oc1c(-c3ccc4c(ccc5ccccc54)c3)cccc1C21c2ccccc2-n2c3ccccc3c3cccc1c32. The van der Waals surface area contributed by atoms with E-state index in [1.54, 1.807) is 0 Å². The van der Waals surface area contributed by atoms with Gasteiger partial charge >= 0.3 is 0 Å². The first-order valence-corrected chi connectivity index (χ1v) is 16.3. The standard InChI is InChI=1S/C45H27NO/c1-2-12-31-28(11-1)23-24-29-27-30(25-26-32(29)31)33-14-9-19-39-44(33)47-42-22-8-5-17-37(42)45(39)36-16-4-7-21-41(36)46-40-20-6-3-13-34(40)35-15-10-18-38(45)43(35)46/h1-27H. The summed E-state index contributed by atoms with van der Waals surface area (Å²) in [6.07, 6.45) is 0. The Morgan fingerprint density at radius 1 is 0.447 bits per heavy atom. The van der Waals surface area contributed by atoms with Gasteiger partial charge in [-0.05, 0) is 62.5 Å². The summed E-state index contributed by atoms with van der Waals surface area (Å²) < 4.78 is 9.51. The molecule has 47 heavy (non-hydrogen) atoms. The van der Waals surface area contributed by atoms with Crippen LogP contribution in [0.25, 0.3) is 60.2 Å². The van der Waals surface area contributed by atoms with Crippen LogP contribution in [0.4, 0.5) is 0 Å². The normalized spacial score (nSPS) is 15.9. The number of rotatable bonds is 1. The van der Waals surface area contributed by atoms with Crippen LogP contribution in [-0.4, -0.2) is 4.57 Å². The summed E-state index contributed by atoms with van der Waals surface area (Å²) in [4.78, 5) is 0. The molecular formula is C45H27NO. The van der Waals surface area contributed by atoms with Crippen molar-refractivity contribution in [3.8, 4) is 28.3 Å². The minimum absolute atomic E-state index is 0.576. The number of para-hydroxylation sites is 5. The van der Waals surface area contributed by atoms with Gasteiger partial charge in [0.05, 0.1) is 22.1 Å². The van der Waals surface area contributed by atoms with Gasteiger partial charge < -0.3 is 9.30 Å². The Hall–Kier alpha value is -6.12. The molecule has 1 aromatic heterocycles. The van der Waals surface area contributed by atoms with Crippen LogP contribution in [-0.2, 0) is 5.41 Å². The number of hydrogen-bond acceptors (Lipinski definition) is 1. The average Bonchev–Trinajstić information content (AvgIpc) is 3.48. The summed E-state index contributed by atoms with van der Waals surface area (Å²) in [5, 5.41) is 7.57. The lowest BCUT2D eigenvalue weighted by atomic mass is 9.61. The average molecular weight is 598 g/mol. The molecule has 1 unspecified atom stereocenters. The van der Waals surface area contributed by atoms with E-state index in [0.717, 1.165) is 22.6 Å². The number of aromatic nitrogens is 1. The molecule has 1 atom stereocenters. The molecule has 0 aliphatic carbocycles. The smallest absolute Gasteiger partial charge is 0.140 e. The lowest BCUT2D eigenvalue weighted by molar-refractivity contribution is 0.435. The topological polar surface area (TPSA) is 14.2 Å². The molecule has 2 heteroatoms. The van der Waals surface area contributed by atoms with E-state index in [-0.39, 0.29) is 0 Å². The van der Waals surface area contributed by atoms with Crippen molar-refractivity contribution in [1.29, 1.82) is 0 Å². The van der Waals surface area contributed by atoms with Crippen LogP contribution in [0.3, 0.4) is 0 Å². The number of nitrogens with zero attached hydrogens (tertiary/aromatic N) is 1. The Labute approximate surface area is 271 Å².